The normalized spacial score (nSPS) is 20.1. The molecule has 0 saturated carbocycles. The highest BCUT2D eigenvalue weighted by molar-refractivity contribution is 5.94. The number of nitrogens with two attached hydrogens (primary N) is 1. The second-order valence-electron chi connectivity index (χ2n) is 7.25. The highest BCUT2D eigenvalue weighted by Crippen LogP contribution is 2.19. The van der Waals surface area contributed by atoms with Crippen molar-refractivity contribution in [1.29, 1.82) is 0 Å². The van der Waals surface area contributed by atoms with Crippen molar-refractivity contribution in [1.82, 2.24) is 15.5 Å². The Hall–Kier alpha value is -2.20. The number of carbonyl (C=O) groups is 4. The molecule has 0 aliphatic carbocycles. The maximum absolute atomic E-state index is 12.7. The van der Waals surface area contributed by atoms with Crippen molar-refractivity contribution in [2.45, 2.75) is 64.2 Å². The molecule has 154 valence electrons. The average Bonchev–Trinajstić information content (AvgIpc) is 3.06. The van der Waals surface area contributed by atoms with Crippen LogP contribution in [0, 0.1) is 5.92 Å². The Morgan fingerprint density at radius 1 is 1.15 bits per heavy atom. The van der Waals surface area contributed by atoms with Gasteiger partial charge in [0, 0.05) is 6.54 Å². The number of hydrogen-bond donors (Lipinski definition) is 5. The van der Waals surface area contributed by atoms with Gasteiger partial charge in [-0.25, -0.2) is 4.79 Å². The Morgan fingerprint density at radius 3 is 2.26 bits per heavy atom. The van der Waals surface area contributed by atoms with Crippen LogP contribution in [-0.4, -0.2) is 76.1 Å². The lowest BCUT2D eigenvalue weighted by Gasteiger charge is -2.28. The Balaban J connectivity index is 2.86. The van der Waals surface area contributed by atoms with Gasteiger partial charge in [0.25, 0.3) is 0 Å². The third kappa shape index (κ3) is 6.47. The number of aliphatic hydroxyl groups is 1. The summed E-state index contributed by atoms with van der Waals surface area (Å²) in [5, 5.41) is 22.9. The number of aliphatic hydroxyl groups excluding tert-OH is 1. The van der Waals surface area contributed by atoms with Crippen LogP contribution in [0.3, 0.4) is 0 Å². The fourth-order valence-electron chi connectivity index (χ4n) is 2.99. The van der Waals surface area contributed by atoms with Crippen LogP contribution in [0.2, 0.25) is 0 Å². The lowest BCUT2D eigenvalue weighted by atomic mass is 10.0. The predicted octanol–water partition coefficient (Wildman–Crippen LogP) is -1.58. The van der Waals surface area contributed by atoms with Crippen molar-refractivity contribution >= 4 is 23.7 Å². The fourth-order valence-corrected chi connectivity index (χ4v) is 2.99. The van der Waals surface area contributed by atoms with E-state index in [9.17, 15) is 19.2 Å². The summed E-state index contributed by atoms with van der Waals surface area (Å²) in [4.78, 5) is 49.7. The Morgan fingerprint density at radius 2 is 1.78 bits per heavy atom. The van der Waals surface area contributed by atoms with E-state index in [0.29, 0.717) is 19.4 Å². The van der Waals surface area contributed by atoms with Crippen LogP contribution in [0.25, 0.3) is 0 Å². The molecular weight excluding hydrogens is 356 g/mol. The standard InChI is InChI=1S/C17H30N4O6/c1-9(2)7-11(14(23)20-12(8-22)17(26)27)19-15(24)13-5-4-6-21(13)16(25)10(3)18/h9-13,22H,4-8,18H2,1-3H3,(H,19,24)(H,20,23)(H,26,27). The van der Waals surface area contributed by atoms with Crippen LogP contribution in [-0.2, 0) is 19.2 Å². The number of carboxylic acids is 1. The third-order valence-electron chi connectivity index (χ3n) is 4.37. The van der Waals surface area contributed by atoms with Gasteiger partial charge in [0.05, 0.1) is 12.6 Å². The minimum Gasteiger partial charge on any atom is -0.480 e. The third-order valence-corrected chi connectivity index (χ3v) is 4.37. The van der Waals surface area contributed by atoms with Gasteiger partial charge in [-0.2, -0.15) is 0 Å². The number of hydrogen-bond acceptors (Lipinski definition) is 6. The van der Waals surface area contributed by atoms with Crippen LogP contribution in [0.4, 0.5) is 0 Å². The number of amides is 3. The monoisotopic (exact) mass is 386 g/mol. The van der Waals surface area contributed by atoms with E-state index in [0.717, 1.165) is 0 Å². The summed E-state index contributed by atoms with van der Waals surface area (Å²) in [6, 6.07) is -3.86. The second kappa shape index (κ2) is 10.2. The number of carbonyl (C=O) groups excluding carboxylic acids is 3. The molecule has 10 heteroatoms. The van der Waals surface area contributed by atoms with Crippen LogP contribution in [0.5, 0.6) is 0 Å². The number of rotatable bonds is 9. The second-order valence-corrected chi connectivity index (χ2v) is 7.25. The summed E-state index contributed by atoms with van der Waals surface area (Å²) in [5.41, 5.74) is 5.63. The number of aliphatic carboxylic acids is 1. The molecule has 27 heavy (non-hydrogen) atoms. The molecular formula is C17H30N4O6. The van der Waals surface area contributed by atoms with Gasteiger partial charge in [-0.15, -0.1) is 0 Å². The van der Waals surface area contributed by atoms with E-state index < -0.39 is 48.6 Å². The van der Waals surface area contributed by atoms with E-state index in [-0.39, 0.29) is 18.2 Å². The van der Waals surface area contributed by atoms with Crippen molar-refractivity contribution in [2.24, 2.45) is 11.7 Å². The molecule has 3 amide bonds. The van der Waals surface area contributed by atoms with Crippen molar-refractivity contribution < 1.29 is 29.4 Å². The smallest absolute Gasteiger partial charge is 0.328 e. The quantitative estimate of drug-likeness (QED) is 0.319. The first-order valence-electron chi connectivity index (χ1n) is 9.08. The zero-order chi connectivity index (χ0) is 20.7. The minimum atomic E-state index is -1.45. The summed E-state index contributed by atoms with van der Waals surface area (Å²) in [7, 11) is 0. The van der Waals surface area contributed by atoms with Gasteiger partial charge in [0.1, 0.15) is 18.1 Å². The van der Waals surface area contributed by atoms with Gasteiger partial charge in [0.15, 0.2) is 0 Å². The molecule has 0 radical (unpaired) electrons. The van der Waals surface area contributed by atoms with E-state index >= 15 is 0 Å². The van der Waals surface area contributed by atoms with Gasteiger partial charge in [0.2, 0.25) is 17.7 Å². The fraction of sp³-hybridized carbons (Fsp3) is 0.765. The summed E-state index contributed by atoms with van der Waals surface area (Å²) in [6.45, 7) is 4.92. The van der Waals surface area contributed by atoms with Crippen molar-refractivity contribution in [3.8, 4) is 0 Å². The Kier molecular flexibility index (Phi) is 8.64. The maximum atomic E-state index is 12.7. The summed E-state index contributed by atoms with van der Waals surface area (Å²) in [5.74, 6) is -2.82. The van der Waals surface area contributed by atoms with E-state index in [2.05, 4.69) is 10.6 Å². The minimum absolute atomic E-state index is 0.0452. The van der Waals surface area contributed by atoms with Gasteiger partial charge < -0.3 is 31.5 Å². The molecule has 1 aliphatic rings. The first-order chi connectivity index (χ1) is 12.6. The molecule has 1 fully saturated rings. The molecule has 4 atom stereocenters. The van der Waals surface area contributed by atoms with Gasteiger partial charge >= 0.3 is 5.97 Å². The van der Waals surface area contributed by atoms with E-state index in [1.165, 1.54) is 4.90 Å². The molecule has 10 nitrogen and oxygen atoms in total. The summed E-state index contributed by atoms with van der Waals surface area (Å²) in [6.07, 6.45) is 1.40. The van der Waals surface area contributed by atoms with Gasteiger partial charge in [-0.05, 0) is 32.1 Å². The highest BCUT2D eigenvalue weighted by atomic mass is 16.4. The van der Waals surface area contributed by atoms with E-state index in [1.54, 1.807) is 6.92 Å². The average molecular weight is 386 g/mol. The lowest BCUT2D eigenvalue weighted by Crippen LogP contribution is -2.57. The number of likely N-dealkylation sites (tertiary alicyclic amines) is 1. The zero-order valence-electron chi connectivity index (χ0n) is 16.0. The van der Waals surface area contributed by atoms with Crippen molar-refractivity contribution in [3.05, 3.63) is 0 Å². The molecule has 1 saturated heterocycles. The molecule has 1 rings (SSSR count). The molecule has 6 N–H and O–H groups in total. The van der Waals surface area contributed by atoms with E-state index in [4.69, 9.17) is 15.9 Å². The molecule has 4 unspecified atom stereocenters. The lowest BCUT2D eigenvalue weighted by molar-refractivity contribution is -0.144. The number of nitrogens with zero attached hydrogens (tertiary/aromatic N) is 1. The Labute approximate surface area is 158 Å². The topological polar surface area (TPSA) is 162 Å². The van der Waals surface area contributed by atoms with Crippen molar-refractivity contribution in [2.75, 3.05) is 13.2 Å². The zero-order valence-corrected chi connectivity index (χ0v) is 16.0. The van der Waals surface area contributed by atoms with Gasteiger partial charge in [-0.1, -0.05) is 13.8 Å². The van der Waals surface area contributed by atoms with Crippen LogP contribution in [0.15, 0.2) is 0 Å². The molecule has 1 aliphatic heterocycles. The molecule has 0 bridgehead atoms. The van der Waals surface area contributed by atoms with Crippen molar-refractivity contribution in [3.63, 3.8) is 0 Å². The predicted molar refractivity (Wildman–Crippen MR) is 96.4 cm³/mol. The highest BCUT2D eigenvalue weighted by Gasteiger charge is 2.37. The van der Waals surface area contributed by atoms with E-state index in [1.807, 2.05) is 13.8 Å². The molecule has 0 aromatic rings. The molecule has 1 heterocycles. The SMILES string of the molecule is CC(C)CC(NC(=O)C1CCCN1C(=O)C(C)N)C(=O)NC(CO)C(=O)O. The van der Waals surface area contributed by atoms with Crippen LogP contribution < -0.4 is 16.4 Å². The first kappa shape index (κ1) is 22.8. The Bertz CT molecular complexity index is 566. The largest absolute Gasteiger partial charge is 0.480 e. The summed E-state index contributed by atoms with van der Waals surface area (Å²) < 4.78 is 0. The van der Waals surface area contributed by atoms with Crippen LogP contribution in [0.1, 0.15) is 40.0 Å². The number of nitrogens with one attached hydrogen (secondary N) is 2. The summed E-state index contributed by atoms with van der Waals surface area (Å²) >= 11 is 0. The van der Waals surface area contributed by atoms with Crippen LogP contribution >= 0.6 is 0 Å². The molecule has 0 aromatic carbocycles. The number of carboxylic acid groups (broad SMARTS) is 1. The first-order valence-corrected chi connectivity index (χ1v) is 9.08. The van der Waals surface area contributed by atoms with Gasteiger partial charge in [-0.3, -0.25) is 14.4 Å². The maximum Gasteiger partial charge on any atom is 0.328 e. The molecule has 0 aromatic heterocycles. The molecule has 0 spiro atoms.